The third-order valence-electron chi connectivity index (χ3n) is 5.19. The Morgan fingerprint density at radius 1 is 1.12 bits per heavy atom. The van der Waals surface area contributed by atoms with Crippen LogP contribution < -0.4 is 24.8 Å². The first kappa shape index (κ1) is 21.2. The van der Waals surface area contributed by atoms with Crippen molar-refractivity contribution in [2.45, 2.75) is 19.9 Å². The Balaban J connectivity index is 1.74. The third kappa shape index (κ3) is 3.96. The molecule has 9 nitrogen and oxygen atoms in total. The largest absolute Gasteiger partial charge is 0.497 e. The first-order valence-corrected chi connectivity index (χ1v) is 10.2. The second-order valence-electron chi connectivity index (χ2n) is 7.12. The summed E-state index contributed by atoms with van der Waals surface area (Å²) >= 11 is 0. The van der Waals surface area contributed by atoms with Gasteiger partial charge in [0.15, 0.2) is 11.5 Å². The van der Waals surface area contributed by atoms with E-state index in [0.29, 0.717) is 46.8 Å². The number of amides is 1. The Bertz CT molecular complexity index is 1150. The van der Waals surface area contributed by atoms with Gasteiger partial charge >= 0.3 is 0 Å². The van der Waals surface area contributed by atoms with Crippen LogP contribution >= 0.6 is 0 Å². The Hall–Kier alpha value is -4.01. The molecule has 2 aromatic carbocycles. The zero-order chi connectivity index (χ0) is 22.7. The van der Waals surface area contributed by atoms with Crippen molar-refractivity contribution < 1.29 is 19.0 Å². The number of carbonyl (C=O) groups excluding carboxylic acids is 1. The smallest absolute Gasteiger partial charge is 0.255 e. The molecule has 1 aromatic heterocycles. The van der Waals surface area contributed by atoms with Crippen LogP contribution in [0.3, 0.4) is 0 Å². The third-order valence-corrected chi connectivity index (χ3v) is 5.19. The lowest BCUT2D eigenvalue weighted by molar-refractivity contribution is -0.113. The summed E-state index contributed by atoms with van der Waals surface area (Å²) in [6.07, 6.45) is 1.46. The molecule has 4 rings (SSSR count). The average molecular weight is 435 g/mol. The van der Waals surface area contributed by atoms with Crippen LogP contribution in [0.5, 0.6) is 17.2 Å². The van der Waals surface area contributed by atoms with Gasteiger partial charge in [-0.15, -0.1) is 0 Å². The molecule has 0 spiro atoms. The average Bonchev–Trinajstić information content (AvgIpc) is 3.26. The Morgan fingerprint density at radius 2 is 1.91 bits per heavy atom. The molecule has 2 heterocycles. The van der Waals surface area contributed by atoms with Crippen LogP contribution in [0.4, 0.5) is 11.6 Å². The fourth-order valence-electron chi connectivity index (χ4n) is 3.70. The highest BCUT2D eigenvalue weighted by Gasteiger charge is 2.34. The van der Waals surface area contributed by atoms with E-state index in [-0.39, 0.29) is 5.91 Å². The van der Waals surface area contributed by atoms with Crippen LogP contribution in [0.2, 0.25) is 0 Å². The minimum Gasteiger partial charge on any atom is -0.497 e. The molecule has 32 heavy (non-hydrogen) atoms. The number of hydrogen-bond donors (Lipinski definition) is 2. The van der Waals surface area contributed by atoms with Gasteiger partial charge in [-0.3, -0.25) is 4.79 Å². The van der Waals surface area contributed by atoms with E-state index in [2.05, 4.69) is 20.7 Å². The standard InChI is InChI=1S/C23H25N5O4/c1-5-32-19-12-15(6-11-18(19)31-4)21-20(14(2)26-23-24-13-25-28(21)23)22(29)27-16-7-9-17(30-3)10-8-16/h6-13,21H,5H2,1-4H3,(H,27,29)(H,24,25,26)/t21-/m0/s1. The second kappa shape index (κ2) is 9.01. The summed E-state index contributed by atoms with van der Waals surface area (Å²) in [6, 6.07) is 12.3. The van der Waals surface area contributed by atoms with Crippen LogP contribution in [-0.2, 0) is 4.79 Å². The first-order chi connectivity index (χ1) is 15.5. The summed E-state index contributed by atoms with van der Waals surface area (Å²) < 4.78 is 18.0. The highest BCUT2D eigenvalue weighted by molar-refractivity contribution is 6.06. The van der Waals surface area contributed by atoms with Gasteiger partial charge in [0.05, 0.1) is 26.4 Å². The Labute approximate surface area is 186 Å². The molecular formula is C23H25N5O4. The molecule has 0 radical (unpaired) electrons. The molecule has 0 saturated carbocycles. The molecule has 0 saturated heterocycles. The Kier molecular flexibility index (Phi) is 5.98. The number of allylic oxidation sites excluding steroid dienone is 1. The molecule has 0 unspecified atom stereocenters. The summed E-state index contributed by atoms with van der Waals surface area (Å²) in [4.78, 5) is 17.7. The zero-order valence-corrected chi connectivity index (χ0v) is 18.4. The van der Waals surface area contributed by atoms with Crippen molar-refractivity contribution in [2.75, 3.05) is 31.5 Å². The van der Waals surface area contributed by atoms with Crippen molar-refractivity contribution in [3.05, 3.63) is 65.6 Å². The molecule has 0 fully saturated rings. The maximum Gasteiger partial charge on any atom is 0.255 e. The highest BCUT2D eigenvalue weighted by Crippen LogP contribution is 2.38. The molecule has 166 valence electrons. The van der Waals surface area contributed by atoms with Crippen molar-refractivity contribution in [3.63, 3.8) is 0 Å². The number of methoxy groups -OCH3 is 2. The summed E-state index contributed by atoms with van der Waals surface area (Å²) in [7, 11) is 3.19. The molecule has 1 atom stereocenters. The number of fused-ring (bicyclic) bond motifs is 1. The van der Waals surface area contributed by atoms with Crippen molar-refractivity contribution in [2.24, 2.45) is 0 Å². The van der Waals surface area contributed by atoms with Gasteiger partial charge in [0.2, 0.25) is 5.95 Å². The van der Waals surface area contributed by atoms with Gasteiger partial charge < -0.3 is 24.8 Å². The van der Waals surface area contributed by atoms with Crippen molar-refractivity contribution in [1.82, 2.24) is 14.8 Å². The summed E-state index contributed by atoms with van der Waals surface area (Å²) in [5, 5.41) is 10.5. The van der Waals surface area contributed by atoms with Crippen LogP contribution in [0.1, 0.15) is 25.5 Å². The zero-order valence-electron chi connectivity index (χ0n) is 18.4. The number of nitrogens with one attached hydrogen (secondary N) is 2. The maximum absolute atomic E-state index is 13.4. The van der Waals surface area contributed by atoms with Gasteiger partial charge in [-0.1, -0.05) is 6.07 Å². The predicted molar refractivity (Wildman–Crippen MR) is 120 cm³/mol. The summed E-state index contributed by atoms with van der Waals surface area (Å²) in [6.45, 7) is 4.24. The second-order valence-corrected chi connectivity index (χ2v) is 7.12. The van der Waals surface area contributed by atoms with Gasteiger partial charge in [-0.05, 0) is 55.8 Å². The van der Waals surface area contributed by atoms with E-state index >= 15 is 0 Å². The quantitative estimate of drug-likeness (QED) is 0.585. The number of benzene rings is 2. The lowest BCUT2D eigenvalue weighted by Gasteiger charge is -2.29. The maximum atomic E-state index is 13.4. The van der Waals surface area contributed by atoms with E-state index in [1.165, 1.54) is 6.33 Å². The lowest BCUT2D eigenvalue weighted by atomic mass is 9.94. The number of nitrogens with zero attached hydrogens (tertiary/aromatic N) is 3. The van der Waals surface area contributed by atoms with E-state index in [9.17, 15) is 4.79 Å². The molecule has 1 amide bonds. The number of carbonyl (C=O) groups is 1. The number of ether oxygens (including phenoxy) is 3. The topological polar surface area (TPSA) is 99.5 Å². The Morgan fingerprint density at radius 3 is 2.59 bits per heavy atom. The summed E-state index contributed by atoms with van der Waals surface area (Å²) in [5.41, 5.74) is 2.69. The number of hydrogen-bond acceptors (Lipinski definition) is 7. The van der Waals surface area contributed by atoms with Gasteiger partial charge in [0.25, 0.3) is 5.91 Å². The lowest BCUT2D eigenvalue weighted by Crippen LogP contribution is -2.31. The van der Waals surface area contributed by atoms with Gasteiger partial charge in [0, 0.05) is 11.4 Å². The molecule has 1 aliphatic heterocycles. The predicted octanol–water partition coefficient (Wildman–Crippen LogP) is 3.62. The first-order valence-electron chi connectivity index (χ1n) is 10.2. The van der Waals surface area contributed by atoms with Crippen LogP contribution in [0.25, 0.3) is 0 Å². The fourth-order valence-corrected chi connectivity index (χ4v) is 3.70. The normalized spacial score (nSPS) is 14.9. The van der Waals surface area contributed by atoms with Gasteiger partial charge in [-0.25, -0.2) is 4.68 Å². The molecule has 3 aromatic rings. The minimum atomic E-state index is -0.503. The monoisotopic (exact) mass is 435 g/mol. The molecule has 9 heteroatoms. The molecule has 0 bridgehead atoms. The van der Waals surface area contributed by atoms with Gasteiger partial charge in [-0.2, -0.15) is 10.1 Å². The van der Waals surface area contributed by atoms with Crippen molar-refractivity contribution >= 4 is 17.5 Å². The molecule has 1 aliphatic rings. The molecule has 2 N–H and O–H groups in total. The molecule has 0 aliphatic carbocycles. The highest BCUT2D eigenvalue weighted by atomic mass is 16.5. The van der Waals surface area contributed by atoms with Crippen molar-refractivity contribution in [3.8, 4) is 17.2 Å². The van der Waals surface area contributed by atoms with Crippen LogP contribution in [0, 0.1) is 0 Å². The van der Waals surface area contributed by atoms with E-state index in [4.69, 9.17) is 14.2 Å². The van der Waals surface area contributed by atoms with E-state index < -0.39 is 6.04 Å². The number of anilines is 2. The van der Waals surface area contributed by atoms with Crippen molar-refractivity contribution in [1.29, 1.82) is 0 Å². The number of rotatable bonds is 7. The minimum absolute atomic E-state index is 0.250. The van der Waals surface area contributed by atoms with E-state index in [1.807, 2.05) is 32.0 Å². The molecular weight excluding hydrogens is 410 g/mol. The summed E-state index contributed by atoms with van der Waals surface area (Å²) in [5.74, 6) is 2.24. The van der Waals surface area contributed by atoms with Gasteiger partial charge in [0.1, 0.15) is 18.1 Å². The van der Waals surface area contributed by atoms with Crippen LogP contribution in [0.15, 0.2) is 60.1 Å². The SMILES string of the molecule is CCOc1cc([C@H]2C(C(=O)Nc3ccc(OC)cc3)=C(C)Nc3ncnn32)ccc1OC. The fraction of sp³-hybridized carbons (Fsp3) is 0.261. The van der Waals surface area contributed by atoms with Crippen LogP contribution in [-0.4, -0.2) is 41.5 Å². The number of aromatic nitrogens is 3. The van der Waals surface area contributed by atoms with E-state index in [1.54, 1.807) is 43.2 Å². The van der Waals surface area contributed by atoms with E-state index in [0.717, 1.165) is 5.56 Å².